The van der Waals surface area contributed by atoms with Gasteiger partial charge in [-0.2, -0.15) is 0 Å². The summed E-state index contributed by atoms with van der Waals surface area (Å²) in [6.45, 7) is 8.71. The Morgan fingerprint density at radius 2 is 2.12 bits per heavy atom. The smallest absolute Gasteiger partial charge is 0.225 e. The number of benzene rings is 1. The van der Waals surface area contributed by atoms with Gasteiger partial charge in [-0.15, -0.1) is 0 Å². The highest BCUT2D eigenvalue weighted by Crippen LogP contribution is 2.21. The third-order valence-electron chi connectivity index (χ3n) is 4.98. The van der Waals surface area contributed by atoms with Crippen LogP contribution < -0.4 is 5.32 Å². The zero-order chi connectivity index (χ0) is 17.1. The van der Waals surface area contributed by atoms with Gasteiger partial charge in [0.15, 0.2) is 0 Å². The average Bonchev–Trinajstić information content (AvgIpc) is 2.60. The second kappa shape index (κ2) is 7.31. The van der Waals surface area contributed by atoms with E-state index >= 15 is 0 Å². The Hall–Kier alpha value is -1.94. The summed E-state index contributed by atoms with van der Waals surface area (Å²) in [6, 6.07) is 10.9. The average molecular weight is 325 g/mol. The molecule has 1 aromatic carbocycles. The van der Waals surface area contributed by atoms with Crippen LogP contribution in [-0.2, 0) is 11.3 Å². The largest absolute Gasteiger partial charge is 0.342 e. The monoisotopic (exact) mass is 325 g/mol. The van der Waals surface area contributed by atoms with Crippen molar-refractivity contribution >= 4 is 16.8 Å². The van der Waals surface area contributed by atoms with Gasteiger partial charge in [0.25, 0.3) is 0 Å². The fourth-order valence-corrected chi connectivity index (χ4v) is 3.57. The van der Waals surface area contributed by atoms with Crippen molar-refractivity contribution in [3.63, 3.8) is 0 Å². The van der Waals surface area contributed by atoms with Crippen molar-refractivity contribution in [2.45, 2.75) is 39.8 Å². The van der Waals surface area contributed by atoms with Crippen LogP contribution in [0, 0.1) is 11.8 Å². The Balaban J connectivity index is 1.62. The number of hydrogen-bond donors (Lipinski definition) is 1. The Kier molecular flexibility index (Phi) is 5.14. The van der Waals surface area contributed by atoms with Crippen LogP contribution in [0.5, 0.6) is 0 Å². The molecule has 24 heavy (non-hydrogen) atoms. The fraction of sp³-hybridized carbons (Fsp3) is 0.500. The molecule has 1 aliphatic rings. The molecule has 2 heterocycles. The summed E-state index contributed by atoms with van der Waals surface area (Å²) in [7, 11) is 0. The third-order valence-corrected chi connectivity index (χ3v) is 4.98. The van der Waals surface area contributed by atoms with Gasteiger partial charge in [-0.3, -0.25) is 9.78 Å². The Bertz CT molecular complexity index is 708. The van der Waals surface area contributed by atoms with E-state index in [0.29, 0.717) is 12.0 Å². The summed E-state index contributed by atoms with van der Waals surface area (Å²) in [5.41, 5.74) is 2.31. The number of carbonyl (C=O) groups is 1. The number of likely N-dealkylation sites (tertiary alicyclic amines) is 1. The second-order valence-electron chi connectivity index (χ2n) is 7.18. The standard InChI is InChI=1S/C20H27N3O/c1-14(2)20(24)23-11-9-18(15(3)13-23)22-12-17-7-4-6-16-8-5-10-21-19(16)17/h4-8,10,14-15,18,22H,9,11-13H2,1-3H3/t15-,18+/m0/s1. The minimum atomic E-state index is 0.0865. The summed E-state index contributed by atoms with van der Waals surface area (Å²) in [5.74, 6) is 0.825. The van der Waals surface area contributed by atoms with Gasteiger partial charge in [-0.1, -0.05) is 45.0 Å². The van der Waals surface area contributed by atoms with Crippen LogP contribution >= 0.6 is 0 Å². The number of para-hydroxylation sites is 1. The summed E-state index contributed by atoms with van der Waals surface area (Å²) < 4.78 is 0. The maximum atomic E-state index is 12.2. The van der Waals surface area contributed by atoms with Crippen molar-refractivity contribution in [1.82, 2.24) is 15.2 Å². The number of aromatic nitrogens is 1. The van der Waals surface area contributed by atoms with E-state index < -0.39 is 0 Å². The van der Waals surface area contributed by atoms with Crippen LogP contribution in [0.4, 0.5) is 0 Å². The van der Waals surface area contributed by atoms with E-state index in [-0.39, 0.29) is 11.8 Å². The molecule has 0 radical (unpaired) electrons. The third kappa shape index (κ3) is 3.59. The number of rotatable bonds is 4. The van der Waals surface area contributed by atoms with Crippen LogP contribution in [0.15, 0.2) is 36.5 Å². The fourth-order valence-electron chi connectivity index (χ4n) is 3.57. The molecule has 0 spiro atoms. The minimum absolute atomic E-state index is 0.0865. The van der Waals surface area contributed by atoms with Crippen molar-refractivity contribution < 1.29 is 4.79 Å². The molecule has 0 saturated carbocycles. The van der Waals surface area contributed by atoms with Gasteiger partial charge >= 0.3 is 0 Å². The first-order chi connectivity index (χ1) is 11.6. The molecular formula is C20H27N3O. The molecule has 1 amide bonds. The number of carbonyl (C=O) groups excluding carboxylic acids is 1. The van der Waals surface area contributed by atoms with E-state index in [4.69, 9.17) is 0 Å². The molecular weight excluding hydrogens is 298 g/mol. The maximum absolute atomic E-state index is 12.2. The Morgan fingerprint density at radius 1 is 1.33 bits per heavy atom. The topological polar surface area (TPSA) is 45.2 Å². The molecule has 4 heteroatoms. The molecule has 0 bridgehead atoms. The van der Waals surface area contributed by atoms with Crippen LogP contribution in [0.2, 0.25) is 0 Å². The van der Waals surface area contributed by atoms with E-state index in [1.54, 1.807) is 0 Å². The second-order valence-corrected chi connectivity index (χ2v) is 7.18. The van der Waals surface area contributed by atoms with Crippen LogP contribution in [0.25, 0.3) is 10.9 Å². The summed E-state index contributed by atoms with van der Waals surface area (Å²) >= 11 is 0. The van der Waals surface area contributed by atoms with Crippen molar-refractivity contribution in [3.05, 3.63) is 42.1 Å². The van der Waals surface area contributed by atoms with Gasteiger partial charge in [0.2, 0.25) is 5.91 Å². The highest BCUT2D eigenvalue weighted by Gasteiger charge is 2.29. The van der Waals surface area contributed by atoms with Gasteiger partial charge in [0.05, 0.1) is 5.52 Å². The lowest BCUT2D eigenvalue weighted by molar-refractivity contribution is -0.136. The number of piperidine rings is 1. The lowest BCUT2D eigenvalue weighted by Gasteiger charge is -2.38. The van der Waals surface area contributed by atoms with E-state index in [2.05, 4.69) is 41.5 Å². The van der Waals surface area contributed by atoms with Gasteiger partial charge in [0, 0.05) is 43.2 Å². The lowest BCUT2D eigenvalue weighted by atomic mass is 9.92. The van der Waals surface area contributed by atoms with Gasteiger partial charge in [0.1, 0.15) is 0 Å². The SMILES string of the molecule is CC(C)C(=O)N1CC[C@@H](NCc2cccc3cccnc23)[C@@H](C)C1. The molecule has 2 aromatic rings. The van der Waals surface area contributed by atoms with Crippen molar-refractivity contribution in [2.75, 3.05) is 13.1 Å². The Labute approximate surface area is 144 Å². The van der Waals surface area contributed by atoms with Crippen molar-refractivity contribution in [1.29, 1.82) is 0 Å². The Morgan fingerprint density at radius 3 is 2.88 bits per heavy atom. The van der Waals surface area contributed by atoms with Crippen LogP contribution in [0.1, 0.15) is 32.8 Å². The van der Waals surface area contributed by atoms with E-state index in [1.807, 2.05) is 31.0 Å². The number of nitrogens with zero attached hydrogens (tertiary/aromatic N) is 2. The summed E-state index contributed by atoms with van der Waals surface area (Å²) in [4.78, 5) is 18.7. The lowest BCUT2D eigenvalue weighted by Crippen LogP contribution is -2.50. The van der Waals surface area contributed by atoms with Crippen molar-refractivity contribution in [2.24, 2.45) is 11.8 Å². The molecule has 4 nitrogen and oxygen atoms in total. The minimum Gasteiger partial charge on any atom is -0.342 e. The first-order valence-corrected chi connectivity index (χ1v) is 8.91. The highest BCUT2D eigenvalue weighted by molar-refractivity contribution is 5.81. The van der Waals surface area contributed by atoms with Crippen molar-refractivity contribution in [3.8, 4) is 0 Å². The molecule has 1 fully saturated rings. The van der Waals surface area contributed by atoms with Crippen LogP contribution in [0.3, 0.4) is 0 Å². The highest BCUT2D eigenvalue weighted by atomic mass is 16.2. The van der Waals surface area contributed by atoms with E-state index in [9.17, 15) is 4.79 Å². The van der Waals surface area contributed by atoms with E-state index in [0.717, 1.165) is 31.6 Å². The number of amides is 1. The number of pyridine rings is 1. The predicted octanol–water partition coefficient (Wildman–Crippen LogP) is 3.22. The number of fused-ring (bicyclic) bond motifs is 1. The molecule has 1 saturated heterocycles. The van der Waals surface area contributed by atoms with E-state index in [1.165, 1.54) is 10.9 Å². The molecule has 2 atom stereocenters. The molecule has 1 aliphatic heterocycles. The van der Waals surface area contributed by atoms with Gasteiger partial charge in [-0.25, -0.2) is 0 Å². The molecule has 1 N–H and O–H groups in total. The zero-order valence-corrected chi connectivity index (χ0v) is 14.8. The first kappa shape index (κ1) is 16.9. The summed E-state index contributed by atoms with van der Waals surface area (Å²) in [5, 5.41) is 4.87. The van der Waals surface area contributed by atoms with Gasteiger partial charge in [-0.05, 0) is 24.0 Å². The summed E-state index contributed by atoms with van der Waals surface area (Å²) in [6.07, 6.45) is 2.86. The zero-order valence-electron chi connectivity index (χ0n) is 14.8. The van der Waals surface area contributed by atoms with Crippen LogP contribution in [-0.4, -0.2) is 34.9 Å². The first-order valence-electron chi connectivity index (χ1n) is 8.91. The number of nitrogens with one attached hydrogen (secondary N) is 1. The molecule has 3 rings (SSSR count). The molecule has 0 aliphatic carbocycles. The molecule has 1 aromatic heterocycles. The predicted molar refractivity (Wildman–Crippen MR) is 97.6 cm³/mol. The quantitative estimate of drug-likeness (QED) is 0.939. The van der Waals surface area contributed by atoms with Gasteiger partial charge < -0.3 is 10.2 Å². The molecule has 0 unspecified atom stereocenters. The maximum Gasteiger partial charge on any atom is 0.225 e. The molecule has 128 valence electrons. The normalized spacial score (nSPS) is 21.4. The number of hydrogen-bond acceptors (Lipinski definition) is 3.